The number of rotatable bonds is 7. The van der Waals surface area contributed by atoms with Gasteiger partial charge in [0.15, 0.2) is 5.82 Å². The van der Waals surface area contributed by atoms with Crippen LogP contribution < -0.4 is 0 Å². The van der Waals surface area contributed by atoms with E-state index in [4.69, 9.17) is 19.2 Å². The van der Waals surface area contributed by atoms with Gasteiger partial charge in [0.05, 0.1) is 25.7 Å². The van der Waals surface area contributed by atoms with Gasteiger partial charge in [-0.2, -0.15) is 4.68 Å². The molecule has 12 heteroatoms. The predicted octanol–water partition coefficient (Wildman–Crippen LogP) is 5.77. The van der Waals surface area contributed by atoms with Crippen molar-refractivity contribution < 1.29 is 32.6 Å². The number of carbonyl (C=O) groups excluding carboxylic acids is 2. The smallest absolute Gasteiger partial charge is 0.410 e. The van der Waals surface area contributed by atoms with E-state index in [1.54, 1.807) is 4.90 Å². The van der Waals surface area contributed by atoms with Gasteiger partial charge in [-0.05, 0) is 63.6 Å². The van der Waals surface area contributed by atoms with E-state index in [0.29, 0.717) is 75.0 Å². The van der Waals surface area contributed by atoms with E-state index in [0.717, 1.165) is 11.6 Å². The number of allylic oxidation sites excluding steroid dienone is 1. The monoisotopic (exact) mass is 606 g/mol. The predicted molar refractivity (Wildman–Crippen MR) is 156 cm³/mol. The molecule has 4 heterocycles. The fourth-order valence-corrected chi connectivity index (χ4v) is 7.34. The number of fused-ring (bicyclic) bond motifs is 2. The van der Waals surface area contributed by atoms with Crippen LogP contribution in [0, 0.1) is 11.3 Å². The van der Waals surface area contributed by atoms with Crippen LogP contribution in [0.25, 0.3) is 5.57 Å². The number of amides is 1. The molecule has 4 aliphatic rings. The highest BCUT2D eigenvalue weighted by molar-refractivity contribution is 6.76. The average molecular weight is 607 g/mol. The van der Waals surface area contributed by atoms with Crippen molar-refractivity contribution in [2.45, 2.75) is 90.1 Å². The third kappa shape index (κ3) is 6.26. The van der Waals surface area contributed by atoms with Crippen molar-refractivity contribution in [2.24, 2.45) is 11.3 Å². The van der Waals surface area contributed by atoms with Crippen molar-refractivity contribution >= 4 is 25.6 Å². The Hall–Kier alpha value is -2.44. The molecule has 1 spiro atoms. The van der Waals surface area contributed by atoms with Gasteiger partial charge in [-0.25, -0.2) is 18.6 Å². The Morgan fingerprint density at radius 2 is 1.95 bits per heavy atom. The number of halogens is 2. The summed E-state index contributed by atoms with van der Waals surface area (Å²) in [6, 6.07) is 0.943. The van der Waals surface area contributed by atoms with E-state index in [1.807, 2.05) is 26.8 Å². The molecule has 1 aromatic rings. The Morgan fingerprint density at radius 3 is 2.55 bits per heavy atom. The van der Waals surface area contributed by atoms with Crippen molar-refractivity contribution in [2.75, 3.05) is 39.5 Å². The summed E-state index contributed by atoms with van der Waals surface area (Å²) in [4.78, 5) is 33.4. The number of carbonyl (C=O) groups is 2. The second kappa shape index (κ2) is 11.6. The lowest BCUT2D eigenvalue weighted by Gasteiger charge is -2.41. The standard InChI is InChI=1S/C30H44F2N4O5Si/c1-29(2,3)41-28(38)35-11-9-30(10-12-35)17-20(24(31)32)22-21(18-40-15-16-42(4,5)6)26-33-25(19-7-13-39-14-8-19)34-36(26)27(37)23(22)30/h7,20-21,24H,8-18H2,1-6H3. The highest BCUT2D eigenvalue weighted by Gasteiger charge is 2.57. The Balaban J connectivity index is 1.50. The van der Waals surface area contributed by atoms with Gasteiger partial charge in [0, 0.05) is 44.7 Å². The molecule has 0 bridgehead atoms. The molecule has 42 heavy (non-hydrogen) atoms. The van der Waals surface area contributed by atoms with Crippen LogP contribution in [0.3, 0.4) is 0 Å². The maximum absolute atomic E-state index is 14.8. The first kappa shape index (κ1) is 31.0. The van der Waals surface area contributed by atoms with Crippen LogP contribution in [-0.4, -0.2) is 91.3 Å². The second-order valence-corrected chi connectivity index (χ2v) is 19.8. The molecule has 0 saturated carbocycles. The van der Waals surface area contributed by atoms with Gasteiger partial charge in [0.25, 0.3) is 5.91 Å². The van der Waals surface area contributed by atoms with Crippen molar-refractivity contribution in [1.82, 2.24) is 19.7 Å². The minimum atomic E-state index is -2.64. The van der Waals surface area contributed by atoms with Crippen molar-refractivity contribution in [3.8, 4) is 0 Å². The Morgan fingerprint density at radius 1 is 1.24 bits per heavy atom. The fourth-order valence-electron chi connectivity index (χ4n) is 6.58. The lowest BCUT2D eigenvalue weighted by molar-refractivity contribution is 0.00964. The number of aromatic nitrogens is 3. The molecule has 2 unspecified atom stereocenters. The molecule has 3 aliphatic heterocycles. The summed E-state index contributed by atoms with van der Waals surface area (Å²) in [6.45, 7) is 14.5. The SMILES string of the molecule is CC(C)(C)OC(=O)N1CCC2(CC1)CC(C(F)F)C1=C2C(=O)n2nc(C3=CCOCC3)nc2C1COCC[Si](C)(C)C. The van der Waals surface area contributed by atoms with Crippen LogP contribution in [0.4, 0.5) is 13.6 Å². The molecule has 2 atom stereocenters. The summed E-state index contributed by atoms with van der Waals surface area (Å²) < 4.78 is 48.1. The zero-order chi connectivity index (χ0) is 30.4. The summed E-state index contributed by atoms with van der Waals surface area (Å²) in [6.07, 6.45) is 0.437. The van der Waals surface area contributed by atoms with E-state index in [-0.39, 0.29) is 18.9 Å². The molecule has 1 saturated heterocycles. The van der Waals surface area contributed by atoms with Crippen LogP contribution in [-0.2, 0) is 14.2 Å². The maximum atomic E-state index is 14.8. The van der Waals surface area contributed by atoms with Crippen LogP contribution in [0.1, 0.15) is 68.8 Å². The quantitative estimate of drug-likeness (QED) is 0.287. The molecular weight excluding hydrogens is 562 g/mol. The van der Waals surface area contributed by atoms with Gasteiger partial charge in [0.2, 0.25) is 6.43 Å². The molecule has 0 aromatic carbocycles. The van der Waals surface area contributed by atoms with Crippen LogP contribution in [0.5, 0.6) is 0 Å². The lowest BCUT2D eigenvalue weighted by atomic mass is 9.71. The summed E-state index contributed by atoms with van der Waals surface area (Å²) in [5, 5.41) is 4.64. The van der Waals surface area contributed by atoms with E-state index in [9.17, 15) is 18.4 Å². The number of ether oxygens (including phenoxy) is 3. The molecule has 1 aliphatic carbocycles. The maximum Gasteiger partial charge on any atom is 0.410 e. The third-order valence-corrected chi connectivity index (χ3v) is 10.5. The van der Waals surface area contributed by atoms with Gasteiger partial charge in [0.1, 0.15) is 11.4 Å². The van der Waals surface area contributed by atoms with Gasteiger partial charge in [-0.3, -0.25) is 4.79 Å². The highest BCUT2D eigenvalue weighted by atomic mass is 28.3. The lowest BCUT2D eigenvalue weighted by Crippen LogP contribution is -2.47. The molecule has 1 aromatic heterocycles. The van der Waals surface area contributed by atoms with Crippen molar-refractivity contribution in [1.29, 1.82) is 0 Å². The number of piperidine rings is 1. The van der Waals surface area contributed by atoms with Crippen LogP contribution >= 0.6 is 0 Å². The largest absolute Gasteiger partial charge is 0.444 e. The normalized spacial score (nSPS) is 24.3. The second-order valence-electron chi connectivity index (χ2n) is 14.2. The molecule has 9 nitrogen and oxygen atoms in total. The molecule has 232 valence electrons. The minimum absolute atomic E-state index is 0.162. The molecule has 1 fully saturated rings. The van der Waals surface area contributed by atoms with Gasteiger partial charge >= 0.3 is 6.09 Å². The molecule has 0 N–H and O–H groups in total. The summed E-state index contributed by atoms with van der Waals surface area (Å²) in [7, 11) is -1.37. The Bertz CT molecular complexity index is 1270. The van der Waals surface area contributed by atoms with E-state index >= 15 is 0 Å². The third-order valence-electron chi connectivity index (χ3n) is 8.76. The van der Waals surface area contributed by atoms with Crippen LogP contribution in [0.15, 0.2) is 17.2 Å². The Kier molecular flexibility index (Phi) is 8.54. The number of alkyl halides is 2. The number of likely N-dealkylation sites (tertiary alicyclic amines) is 1. The minimum Gasteiger partial charge on any atom is -0.444 e. The first-order valence-corrected chi connectivity index (χ1v) is 18.8. The van der Waals surface area contributed by atoms with Gasteiger partial charge < -0.3 is 19.1 Å². The topological polar surface area (TPSA) is 95.8 Å². The number of hydrogen-bond donors (Lipinski definition) is 0. The van der Waals surface area contributed by atoms with Crippen molar-refractivity contribution in [3.63, 3.8) is 0 Å². The summed E-state index contributed by atoms with van der Waals surface area (Å²) >= 11 is 0. The zero-order valence-corrected chi connectivity index (χ0v) is 26.7. The van der Waals surface area contributed by atoms with Crippen LogP contribution in [0.2, 0.25) is 25.7 Å². The van der Waals surface area contributed by atoms with Gasteiger partial charge in [-0.15, -0.1) is 5.10 Å². The summed E-state index contributed by atoms with van der Waals surface area (Å²) in [5.74, 6) is -1.24. The highest BCUT2D eigenvalue weighted by Crippen LogP contribution is 2.59. The first-order chi connectivity index (χ1) is 19.7. The Labute approximate surface area is 247 Å². The van der Waals surface area contributed by atoms with Crippen molar-refractivity contribution in [3.05, 3.63) is 28.9 Å². The molecular formula is C30H44F2N4O5Si. The number of nitrogens with zero attached hydrogens (tertiary/aromatic N) is 4. The average Bonchev–Trinajstić information content (AvgIpc) is 3.49. The molecule has 5 rings (SSSR count). The number of hydrogen-bond acceptors (Lipinski definition) is 7. The molecule has 1 amide bonds. The summed E-state index contributed by atoms with van der Waals surface area (Å²) in [5.41, 5.74) is 0.366. The zero-order valence-electron chi connectivity index (χ0n) is 25.7. The fraction of sp³-hybridized carbons (Fsp3) is 0.733. The first-order valence-electron chi connectivity index (χ1n) is 15.1. The van der Waals surface area contributed by atoms with Gasteiger partial charge in [-0.1, -0.05) is 25.7 Å². The van der Waals surface area contributed by atoms with E-state index < -0.39 is 43.4 Å². The van der Waals surface area contributed by atoms with E-state index in [1.165, 1.54) is 4.68 Å². The van der Waals surface area contributed by atoms with E-state index in [2.05, 4.69) is 24.7 Å². The molecule has 0 radical (unpaired) electrons.